The number of nitrogens with zero attached hydrogens (tertiary/aromatic N) is 3. The van der Waals surface area contributed by atoms with E-state index >= 15 is 0 Å². The summed E-state index contributed by atoms with van der Waals surface area (Å²) in [6.45, 7) is 0. The third-order valence-corrected chi connectivity index (χ3v) is 9.40. The molecule has 4 nitrogen and oxygen atoms in total. The highest BCUT2D eigenvalue weighted by atomic mass is 16.3. The van der Waals surface area contributed by atoms with Crippen molar-refractivity contribution in [1.82, 2.24) is 14.5 Å². The maximum atomic E-state index is 6.56. The largest absolute Gasteiger partial charge is 0.455 e. The van der Waals surface area contributed by atoms with Crippen molar-refractivity contribution in [2.75, 3.05) is 0 Å². The van der Waals surface area contributed by atoms with Crippen LogP contribution in [0.5, 0.6) is 0 Å². The van der Waals surface area contributed by atoms with Gasteiger partial charge < -0.3 is 4.42 Å². The summed E-state index contributed by atoms with van der Waals surface area (Å²) in [5, 5.41) is 5.51. The van der Waals surface area contributed by atoms with E-state index in [9.17, 15) is 0 Å². The fourth-order valence-electron chi connectivity index (χ4n) is 7.15. The summed E-state index contributed by atoms with van der Waals surface area (Å²) >= 11 is 0. The van der Waals surface area contributed by atoms with Gasteiger partial charge in [-0.15, -0.1) is 0 Å². The maximum Gasteiger partial charge on any atom is 0.145 e. The molecule has 0 aliphatic carbocycles. The summed E-state index contributed by atoms with van der Waals surface area (Å²) in [4.78, 5) is 10.3. The van der Waals surface area contributed by atoms with Crippen molar-refractivity contribution in [1.29, 1.82) is 0 Å². The summed E-state index contributed by atoms with van der Waals surface area (Å²) in [5.74, 6) is 0.928. The Balaban J connectivity index is 1.13. The van der Waals surface area contributed by atoms with Gasteiger partial charge >= 0.3 is 0 Å². The van der Waals surface area contributed by atoms with Crippen molar-refractivity contribution in [3.8, 4) is 39.5 Å². The first-order valence-electron chi connectivity index (χ1n) is 16.2. The summed E-state index contributed by atoms with van der Waals surface area (Å²) in [7, 11) is 0. The molecule has 3 heterocycles. The number of imidazole rings is 1. The smallest absolute Gasteiger partial charge is 0.145 e. The Morgan fingerprint density at radius 1 is 0.438 bits per heavy atom. The zero-order valence-electron chi connectivity index (χ0n) is 25.8. The molecule has 0 saturated carbocycles. The zero-order valence-corrected chi connectivity index (χ0v) is 25.8. The average molecular weight is 614 g/mol. The number of aromatic nitrogens is 3. The molecule has 10 rings (SSSR count). The predicted molar refractivity (Wildman–Crippen MR) is 197 cm³/mol. The van der Waals surface area contributed by atoms with Crippen LogP contribution in [0.15, 0.2) is 168 Å². The molecule has 7 aromatic carbocycles. The lowest BCUT2D eigenvalue weighted by Crippen LogP contribution is -1.97. The molecular formula is C44H27N3O. The number of hydrogen-bond acceptors (Lipinski definition) is 3. The number of hydrogen-bond donors (Lipinski definition) is 0. The van der Waals surface area contributed by atoms with Crippen molar-refractivity contribution in [3.63, 3.8) is 0 Å². The van der Waals surface area contributed by atoms with Crippen molar-refractivity contribution < 1.29 is 4.42 Å². The van der Waals surface area contributed by atoms with Crippen LogP contribution in [0.1, 0.15) is 0 Å². The van der Waals surface area contributed by atoms with Gasteiger partial charge in [-0.05, 0) is 65.0 Å². The molecule has 0 atom stereocenters. The Morgan fingerprint density at radius 2 is 1.12 bits per heavy atom. The maximum absolute atomic E-state index is 6.56. The molecule has 0 aliphatic heterocycles. The fraction of sp³-hybridized carbons (Fsp3) is 0. The predicted octanol–water partition coefficient (Wildman–Crippen LogP) is 11.6. The lowest BCUT2D eigenvalue weighted by atomic mass is 9.95. The third-order valence-electron chi connectivity index (χ3n) is 9.40. The zero-order chi connectivity index (χ0) is 31.6. The number of para-hydroxylation sites is 4. The van der Waals surface area contributed by atoms with Crippen LogP contribution >= 0.6 is 0 Å². The number of rotatable bonds is 4. The first kappa shape index (κ1) is 26.7. The van der Waals surface area contributed by atoms with E-state index in [4.69, 9.17) is 14.4 Å². The Labute approximate surface area is 276 Å². The highest BCUT2D eigenvalue weighted by molar-refractivity contribution is 6.23. The van der Waals surface area contributed by atoms with Crippen molar-refractivity contribution in [2.45, 2.75) is 0 Å². The number of benzene rings is 7. The molecule has 0 unspecified atom stereocenters. The van der Waals surface area contributed by atoms with Gasteiger partial charge in [-0.25, -0.2) is 9.97 Å². The highest BCUT2D eigenvalue weighted by Gasteiger charge is 2.19. The van der Waals surface area contributed by atoms with Crippen molar-refractivity contribution in [3.05, 3.63) is 164 Å². The van der Waals surface area contributed by atoms with Gasteiger partial charge in [0.1, 0.15) is 17.0 Å². The van der Waals surface area contributed by atoms with E-state index in [0.717, 1.165) is 94.1 Å². The van der Waals surface area contributed by atoms with Crippen LogP contribution in [0.2, 0.25) is 0 Å². The normalized spacial score (nSPS) is 11.8. The summed E-state index contributed by atoms with van der Waals surface area (Å²) < 4.78 is 8.81. The van der Waals surface area contributed by atoms with Gasteiger partial charge in [0.2, 0.25) is 0 Å². The summed E-state index contributed by atoms with van der Waals surface area (Å²) in [5.41, 5.74) is 11.1. The first-order valence-corrected chi connectivity index (χ1v) is 16.2. The topological polar surface area (TPSA) is 43.9 Å². The van der Waals surface area contributed by atoms with E-state index < -0.39 is 0 Å². The number of pyridine rings is 1. The molecule has 0 N–H and O–H groups in total. The first-order chi connectivity index (χ1) is 23.8. The molecule has 0 fully saturated rings. The van der Waals surface area contributed by atoms with Crippen LogP contribution in [0.3, 0.4) is 0 Å². The van der Waals surface area contributed by atoms with E-state index in [1.165, 1.54) is 0 Å². The van der Waals surface area contributed by atoms with E-state index in [0.29, 0.717) is 0 Å². The molecule has 3 aromatic heterocycles. The summed E-state index contributed by atoms with van der Waals surface area (Å²) in [6.07, 6.45) is 0. The number of fused-ring (bicyclic) bond motifs is 8. The second-order valence-corrected chi connectivity index (χ2v) is 12.2. The third kappa shape index (κ3) is 4.10. The van der Waals surface area contributed by atoms with Gasteiger partial charge in [0, 0.05) is 33.0 Å². The SMILES string of the molecule is c1ccc(-c2nc3ccccc3n2-c2ccc(-c3cccc(-c4nc5ccccc5c5ccc6c7ccccc7oc6c45)c3)cc2)cc1. The van der Waals surface area contributed by atoms with Crippen LogP contribution < -0.4 is 0 Å². The Bertz CT molecular complexity index is 2830. The average Bonchev–Trinajstić information content (AvgIpc) is 3.74. The molecule has 224 valence electrons. The van der Waals surface area contributed by atoms with Crippen LogP contribution in [0.4, 0.5) is 0 Å². The lowest BCUT2D eigenvalue weighted by molar-refractivity contribution is 0.672. The van der Waals surface area contributed by atoms with Crippen LogP contribution in [0.25, 0.3) is 94.1 Å². The van der Waals surface area contributed by atoms with Gasteiger partial charge in [-0.2, -0.15) is 0 Å². The molecular weight excluding hydrogens is 587 g/mol. The van der Waals surface area contributed by atoms with Gasteiger partial charge in [-0.1, -0.05) is 115 Å². The minimum Gasteiger partial charge on any atom is -0.455 e. The fourth-order valence-corrected chi connectivity index (χ4v) is 7.15. The van der Waals surface area contributed by atoms with E-state index in [-0.39, 0.29) is 0 Å². The summed E-state index contributed by atoms with van der Waals surface area (Å²) in [6, 6.07) is 57.2. The molecule has 4 heteroatoms. The van der Waals surface area contributed by atoms with Gasteiger partial charge in [0.15, 0.2) is 0 Å². The molecule has 48 heavy (non-hydrogen) atoms. The quantitative estimate of drug-likeness (QED) is 0.186. The van der Waals surface area contributed by atoms with Crippen LogP contribution in [-0.4, -0.2) is 14.5 Å². The van der Waals surface area contributed by atoms with Gasteiger partial charge in [0.05, 0.1) is 27.6 Å². The van der Waals surface area contributed by atoms with Gasteiger partial charge in [-0.3, -0.25) is 4.57 Å². The standard InChI is InChI=1S/C44H27N3O/c1-2-11-29(12-3-1)44-46-38-18-7-8-19-39(38)47(44)32-23-21-28(22-24-32)30-13-10-14-31(27-30)42-41-35(33-15-4-6-17-37(33)45-42)25-26-36-34-16-5-9-20-40(34)48-43(36)41/h1-27H. The molecule has 0 spiro atoms. The molecule has 0 bridgehead atoms. The van der Waals surface area contributed by atoms with E-state index in [2.05, 4.69) is 144 Å². The van der Waals surface area contributed by atoms with Crippen LogP contribution in [0, 0.1) is 0 Å². The Kier molecular flexibility index (Phi) is 5.84. The highest BCUT2D eigenvalue weighted by Crippen LogP contribution is 2.41. The minimum atomic E-state index is 0.874. The number of furan rings is 1. The van der Waals surface area contributed by atoms with Crippen molar-refractivity contribution in [2.24, 2.45) is 0 Å². The monoisotopic (exact) mass is 613 g/mol. The Hall–Kier alpha value is -6.52. The molecule has 0 radical (unpaired) electrons. The minimum absolute atomic E-state index is 0.874. The molecule has 0 saturated heterocycles. The molecule has 10 aromatic rings. The lowest BCUT2D eigenvalue weighted by Gasteiger charge is -2.13. The second-order valence-electron chi connectivity index (χ2n) is 12.2. The molecule has 0 aliphatic rings. The second kappa shape index (κ2) is 10.5. The van der Waals surface area contributed by atoms with Crippen molar-refractivity contribution >= 4 is 54.6 Å². The van der Waals surface area contributed by atoms with E-state index in [1.54, 1.807) is 0 Å². The van der Waals surface area contributed by atoms with Crippen LogP contribution in [-0.2, 0) is 0 Å². The Morgan fingerprint density at radius 3 is 2.00 bits per heavy atom. The van der Waals surface area contributed by atoms with Gasteiger partial charge in [0.25, 0.3) is 0 Å². The molecule has 0 amide bonds. The van der Waals surface area contributed by atoms with E-state index in [1.807, 2.05) is 24.3 Å².